The second kappa shape index (κ2) is 5.02. The van der Waals surface area contributed by atoms with E-state index in [-0.39, 0.29) is 16.6 Å². The molecular weight excluding hydrogens is 212 g/mol. The van der Waals surface area contributed by atoms with Gasteiger partial charge in [0.05, 0.1) is 0 Å². The molecule has 82 valence electrons. The quantitative estimate of drug-likeness (QED) is 0.427. The molecule has 0 spiro atoms. The first kappa shape index (κ1) is 11.8. The van der Waals surface area contributed by atoms with Crippen LogP contribution in [-0.4, -0.2) is 16.9 Å². The second-order valence-electron chi connectivity index (χ2n) is 3.58. The summed E-state index contributed by atoms with van der Waals surface area (Å²) >= 11 is 4.69. The van der Waals surface area contributed by atoms with Gasteiger partial charge in [0, 0.05) is 0 Å². The largest absolute Gasteiger partial charge is 0.299 e. The standard InChI is InChI=1S/C10H14N2O2S/c1-3-4-6(2)5-7-8(13)11-10(15)12-9(7)14/h5-6H,3-4H2,1-2H3,(H2,11,12,13,14,15). The van der Waals surface area contributed by atoms with E-state index in [1.165, 1.54) is 0 Å². The number of nitrogens with one attached hydrogen (secondary N) is 2. The molecule has 0 aliphatic carbocycles. The molecule has 15 heavy (non-hydrogen) atoms. The monoisotopic (exact) mass is 226 g/mol. The number of rotatable bonds is 3. The van der Waals surface area contributed by atoms with E-state index >= 15 is 0 Å². The smallest absolute Gasteiger partial charge is 0.262 e. The van der Waals surface area contributed by atoms with Crippen LogP contribution in [0.4, 0.5) is 0 Å². The Morgan fingerprint density at radius 3 is 2.33 bits per heavy atom. The lowest BCUT2D eigenvalue weighted by Crippen LogP contribution is -2.51. The molecule has 1 fully saturated rings. The van der Waals surface area contributed by atoms with E-state index in [9.17, 15) is 9.59 Å². The molecule has 1 atom stereocenters. The molecular formula is C10H14N2O2S. The van der Waals surface area contributed by atoms with E-state index in [2.05, 4.69) is 29.8 Å². The Kier molecular flexibility index (Phi) is 3.96. The third-order valence-electron chi connectivity index (χ3n) is 2.14. The normalized spacial score (nSPS) is 18.3. The molecule has 5 heteroatoms. The fourth-order valence-electron chi connectivity index (χ4n) is 1.45. The first-order valence-electron chi connectivity index (χ1n) is 4.93. The third kappa shape index (κ3) is 3.13. The Hall–Kier alpha value is -1.23. The van der Waals surface area contributed by atoms with Crippen molar-refractivity contribution in [2.24, 2.45) is 5.92 Å². The summed E-state index contributed by atoms with van der Waals surface area (Å²) in [4.78, 5) is 22.9. The highest BCUT2D eigenvalue weighted by molar-refractivity contribution is 7.80. The Morgan fingerprint density at radius 2 is 1.87 bits per heavy atom. The average Bonchev–Trinajstić information content (AvgIpc) is 2.11. The number of carbonyl (C=O) groups excluding carboxylic acids is 2. The van der Waals surface area contributed by atoms with E-state index in [0.717, 1.165) is 12.8 Å². The summed E-state index contributed by atoms with van der Waals surface area (Å²) in [5.74, 6) is -0.605. The first-order chi connectivity index (χ1) is 7.04. The lowest BCUT2D eigenvalue weighted by molar-refractivity contribution is -0.123. The van der Waals surface area contributed by atoms with Crippen LogP contribution in [0.5, 0.6) is 0 Å². The second-order valence-corrected chi connectivity index (χ2v) is 3.99. The average molecular weight is 226 g/mol. The number of hydrogen-bond acceptors (Lipinski definition) is 3. The molecule has 4 nitrogen and oxygen atoms in total. The maximum Gasteiger partial charge on any atom is 0.262 e. The summed E-state index contributed by atoms with van der Waals surface area (Å²) in [7, 11) is 0. The molecule has 1 unspecified atom stereocenters. The van der Waals surface area contributed by atoms with Crippen molar-refractivity contribution in [3.63, 3.8) is 0 Å². The summed E-state index contributed by atoms with van der Waals surface area (Å²) in [5.41, 5.74) is 0.157. The van der Waals surface area contributed by atoms with Crippen molar-refractivity contribution in [3.8, 4) is 0 Å². The van der Waals surface area contributed by atoms with Gasteiger partial charge in [-0.1, -0.05) is 26.3 Å². The SMILES string of the molecule is CCCC(C)C=C1C(=O)NC(=S)NC1=O. The number of amides is 2. The summed E-state index contributed by atoms with van der Waals surface area (Å²) in [6.07, 6.45) is 3.66. The maximum atomic E-state index is 11.4. The molecule has 0 radical (unpaired) electrons. The number of thiocarbonyl (C=S) groups is 1. The molecule has 0 aromatic carbocycles. The van der Waals surface area contributed by atoms with E-state index in [1.54, 1.807) is 6.08 Å². The van der Waals surface area contributed by atoms with Crippen LogP contribution in [0.1, 0.15) is 26.7 Å². The van der Waals surface area contributed by atoms with Crippen molar-refractivity contribution < 1.29 is 9.59 Å². The lowest BCUT2D eigenvalue weighted by atomic mass is 10.0. The molecule has 2 amide bonds. The van der Waals surface area contributed by atoms with E-state index < -0.39 is 11.8 Å². The van der Waals surface area contributed by atoms with Crippen LogP contribution >= 0.6 is 12.2 Å². The third-order valence-corrected chi connectivity index (χ3v) is 2.34. The van der Waals surface area contributed by atoms with Gasteiger partial charge < -0.3 is 0 Å². The summed E-state index contributed by atoms with van der Waals surface area (Å²) in [5, 5.41) is 4.87. The number of carbonyl (C=O) groups is 2. The summed E-state index contributed by atoms with van der Waals surface area (Å²) < 4.78 is 0. The summed E-state index contributed by atoms with van der Waals surface area (Å²) in [6, 6.07) is 0. The zero-order valence-corrected chi connectivity index (χ0v) is 9.61. The summed E-state index contributed by atoms with van der Waals surface area (Å²) in [6.45, 7) is 4.04. The van der Waals surface area contributed by atoms with Crippen LogP contribution in [0.3, 0.4) is 0 Å². The topological polar surface area (TPSA) is 58.2 Å². The van der Waals surface area contributed by atoms with Crippen LogP contribution < -0.4 is 10.6 Å². The van der Waals surface area contributed by atoms with Gasteiger partial charge in [-0.15, -0.1) is 0 Å². The molecule has 0 aromatic rings. The van der Waals surface area contributed by atoms with Gasteiger partial charge in [0.1, 0.15) is 5.57 Å². The molecule has 0 aromatic heterocycles. The van der Waals surface area contributed by atoms with Gasteiger partial charge in [-0.2, -0.15) is 0 Å². The van der Waals surface area contributed by atoms with Gasteiger partial charge in [0.25, 0.3) is 11.8 Å². The molecule has 0 bridgehead atoms. The molecule has 0 saturated carbocycles. The predicted molar refractivity (Wildman–Crippen MR) is 61.0 cm³/mol. The zero-order valence-electron chi connectivity index (χ0n) is 8.79. The molecule has 1 rings (SSSR count). The lowest BCUT2D eigenvalue weighted by Gasteiger charge is -2.17. The molecule has 1 aliphatic heterocycles. The van der Waals surface area contributed by atoms with E-state index in [0.29, 0.717) is 0 Å². The van der Waals surface area contributed by atoms with Gasteiger partial charge in [-0.05, 0) is 24.6 Å². The fourth-order valence-corrected chi connectivity index (χ4v) is 1.64. The fraction of sp³-hybridized carbons (Fsp3) is 0.500. The van der Waals surface area contributed by atoms with Crippen molar-refractivity contribution in [3.05, 3.63) is 11.6 Å². The van der Waals surface area contributed by atoms with Gasteiger partial charge >= 0.3 is 0 Å². The minimum Gasteiger partial charge on any atom is -0.299 e. The highest BCUT2D eigenvalue weighted by atomic mass is 32.1. The predicted octanol–water partition coefficient (Wildman–Crippen LogP) is 0.880. The number of allylic oxidation sites excluding steroid dienone is 1. The minimum atomic E-state index is -0.410. The van der Waals surface area contributed by atoms with Crippen LogP contribution in [0.2, 0.25) is 0 Å². The van der Waals surface area contributed by atoms with Crippen LogP contribution in [0.25, 0.3) is 0 Å². The zero-order chi connectivity index (χ0) is 11.4. The van der Waals surface area contributed by atoms with E-state index in [1.807, 2.05) is 6.92 Å². The highest BCUT2D eigenvalue weighted by Gasteiger charge is 2.25. The Balaban J connectivity index is 2.79. The van der Waals surface area contributed by atoms with Crippen LogP contribution in [-0.2, 0) is 9.59 Å². The van der Waals surface area contributed by atoms with Crippen molar-refractivity contribution in [1.82, 2.24) is 10.6 Å². The van der Waals surface area contributed by atoms with Crippen molar-refractivity contribution in [1.29, 1.82) is 0 Å². The Labute approximate surface area is 94.1 Å². The highest BCUT2D eigenvalue weighted by Crippen LogP contribution is 2.11. The van der Waals surface area contributed by atoms with Gasteiger partial charge in [-0.25, -0.2) is 0 Å². The van der Waals surface area contributed by atoms with Gasteiger partial charge in [-0.3, -0.25) is 20.2 Å². The van der Waals surface area contributed by atoms with Gasteiger partial charge in [0.2, 0.25) is 0 Å². The van der Waals surface area contributed by atoms with Crippen molar-refractivity contribution in [2.45, 2.75) is 26.7 Å². The minimum absolute atomic E-state index is 0.0743. The number of hydrogen-bond donors (Lipinski definition) is 2. The molecule has 1 saturated heterocycles. The Bertz CT molecular complexity index is 314. The van der Waals surface area contributed by atoms with Gasteiger partial charge in [0.15, 0.2) is 5.11 Å². The van der Waals surface area contributed by atoms with Crippen molar-refractivity contribution in [2.75, 3.05) is 0 Å². The van der Waals surface area contributed by atoms with Crippen molar-refractivity contribution >= 4 is 29.1 Å². The molecule has 1 aliphatic rings. The molecule has 2 N–H and O–H groups in total. The Morgan fingerprint density at radius 1 is 1.33 bits per heavy atom. The van der Waals surface area contributed by atoms with Crippen LogP contribution in [0, 0.1) is 5.92 Å². The maximum absolute atomic E-state index is 11.4. The van der Waals surface area contributed by atoms with E-state index in [4.69, 9.17) is 0 Å². The first-order valence-corrected chi connectivity index (χ1v) is 5.34. The molecule has 1 heterocycles. The van der Waals surface area contributed by atoms with Crippen LogP contribution in [0.15, 0.2) is 11.6 Å².